The van der Waals surface area contributed by atoms with E-state index in [1.54, 1.807) is 25.3 Å². The minimum absolute atomic E-state index is 0.472. The molecule has 158 valence electrons. The summed E-state index contributed by atoms with van der Waals surface area (Å²) in [7, 11) is 1.57. The molecule has 0 amide bonds. The van der Waals surface area contributed by atoms with Gasteiger partial charge in [-0.2, -0.15) is 13.2 Å². The summed E-state index contributed by atoms with van der Waals surface area (Å²) in [6.07, 6.45) is -3.95. The summed E-state index contributed by atoms with van der Waals surface area (Å²) in [5.41, 5.74) is 8.02. The molecule has 0 heterocycles. The molecule has 0 fully saturated rings. The largest absolute Gasteiger partial charge is 0.497 e. The van der Waals surface area contributed by atoms with Gasteiger partial charge in [0.1, 0.15) is 5.75 Å². The third kappa shape index (κ3) is 5.55. The predicted molar refractivity (Wildman–Crippen MR) is 117 cm³/mol. The van der Waals surface area contributed by atoms with E-state index in [1.807, 2.05) is 36.4 Å². The molecule has 0 saturated carbocycles. The van der Waals surface area contributed by atoms with Crippen molar-refractivity contribution in [2.24, 2.45) is 5.73 Å². The highest BCUT2D eigenvalue weighted by Crippen LogP contribution is 2.33. The topological polar surface area (TPSA) is 47.3 Å². The smallest absolute Gasteiger partial charge is 0.416 e. The summed E-state index contributed by atoms with van der Waals surface area (Å²) >= 11 is 3.51. The SMILES string of the molecule is COc1ccc(N[C@H](c2cccc(C(F)(F)F)c2)[C@@H](N)Cc2ccccc2Br)cc1. The van der Waals surface area contributed by atoms with Crippen molar-refractivity contribution in [3.63, 3.8) is 0 Å². The fourth-order valence-corrected chi connectivity index (χ4v) is 3.70. The molecule has 0 aliphatic rings. The molecule has 3 rings (SSSR count). The fraction of sp³-hybridized carbons (Fsp3) is 0.217. The van der Waals surface area contributed by atoms with Crippen LogP contribution in [0.15, 0.2) is 77.3 Å². The molecule has 3 nitrogen and oxygen atoms in total. The second-order valence-electron chi connectivity index (χ2n) is 6.93. The maximum Gasteiger partial charge on any atom is 0.416 e. The van der Waals surface area contributed by atoms with E-state index < -0.39 is 23.8 Å². The van der Waals surface area contributed by atoms with Crippen LogP contribution in [-0.4, -0.2) is 13.2 Å². The average Bonchev–Trinajstić information content (AvgIpc) is 2.73. The number of hydrogen-bond acceptors (Lipinski definition) is 3. The Kier molecular flexibility index (Phi) is 7.05. The minimum Gasteiger partial charge on any atom is -0.497 e. The number of hydrogen-bond donors (Lipinski definition) is 2. The molecule has 0 radical (unpaired) electrons. The van der Waals surface area contributed by atoms with Gasteiger partial charge in [0.2, 0.25) is 0 Å². The van der Waals surface area contributed by atoms with Gasteiger partial charge in [-0.05, 0) is 60.0 Å². The van der Waals surface area contributed by atoms with Crippen molar-refractivity contribution in [2.75, 3.05) is 12.4 Å². The number of methoxy groups -OCH3 is 1. The number of alkyl halides is 3. The van der Waals surface area contributed by atoms with E-state index in [1.165, 1.54) is 6.07 Å². The van der Waals surface area contributed by atoms with E-state index in [2.05, 4.69) is 21.2 Å². The van der Waals surface area contributed by atoms with E-state index in [0.717, 1.165) is 27.9 Å². The highest BCUT2D eigenvalue weighted by atomic mass is 79.9. The number of rotatable bonds is 7. The van der Waals surface area contributed by atoms with Gasteiger partial charge in [0, 0.05) is 16.2 Å². The summed E-state index contributed by atoms with van der Waals surface area (Å²) in [4.78, 5) is 0. The van der Waals surface area contributed by atoms with E-state index in [0.29, 0.717) is 17.7 Å². The van der Waals surface area contributed by atoms with Crippen molar-refractivity contribution in [1.82, 2.24) is 0 Å². The normalized spacial score (nSPS) is 13.5. The van der Waals surface area contributed by atoms with Crippen LogP contribution in [0.1, 0.15) is 22.7 Å². The number of nitrogens with two attached hydrogens (primary N) is 1. The van der Waals surface area contributed by atoms with Crippen molar-refractivity contribution < 1.29 is 17.9 Å². The average molecular weight is 479 g/mol. The van der Waals surface area contributed by atoms with Crippen molar-refractivity contribution in [3.05, 3.63) is 94.0 Å². The molecule has 0 bridgehead atoms. The quantitative estimate of drug-likeness (QED) is 0.424. The van der Waals surface area contributed by atoms with Gasteiger partial charge in [-0.3, -0.25) is 0 Å². The van der Waals surface area contributed by atoms with Gasteiger partial charge in [0.15, 0.2) is 0 Å². The van der Waals surface area contributed by atoms with Crippen molar-refractivity contribution in [3.8, 4) is 5.75 Å². The van der Waals surface area contributed by atoms with Gasteiger partial charge >= 0.3 is 6.18 Å². The first-order chi connectivity index (χ1) is 14.3. The lowest BCUT2D eigenvalue weighted by Gasteiger charge is -2.28. The first-order valence-electron chi connectivity index (χ1n) is 9.34. The Balaban J connectivity index is 1.94. The lowest BCUT2D eigenvalue weighted by molar-refractivity contribution is -0.137. The summed E-state index contributed by atoms with van der Waals surface area (Å²) < 4.78 is 45.9. The molecular weight excluding hydrogens is 457 g/mol. The van der Waals surface area contributed by atoms with Crippen LogP contribution in [0, 0.1) is 0 Å². The Labute approximate surface area is 182 Å². The minimum atomic E-state index is -4.42. The molecule has 0 spiro atoms. The van der Waals surface area contributed by atoms with E-state index in [4.69, 9.17) is 10.5 Å². The Morgan fingerprint density at radius 1 is 1.00 bits per heavy atom. The molecule has 0 unspecified atom stereocenters. The monoisotopic (exact) mass is 478 g/mol. The summed E-state index contributed by atoms with van der Waals surface area (Å²) in [5.74, 6) is 0.689. The predicted octanol–water partition coefficient (Wildman–Crippen LogP) is 6.20. The molecule has 3 aromatic carbocycles. The van der Waals surface area contributed by atoms with Crippen LogP contribution >= 0.6 is 15.9 Å². The molecule has 3 aromatic rings. The van der Waals surface area contributed by atoms with Crippen LogP contribution in [0.2, 0.25) is 0 Å². The second-order valence-corrected chi connectivity index (χ2v) is 7.79. The summed E-state index contributed by atoms with van der Waals surface area (Å²) in [5, 5.41) is 3.30. The van der Waals surface area contributed by atoms with Gasteiger partial charge in [0.25, 0.3) is 0 Å². The highest BCUT2D eigenvalue weighted by Gasteiger charge is 2.31. The third-order valence-corrected chi connectivity index (χ3v) is 5.60. The first-order valence-corrected chi connectivity index (χ1v) is 10.1. The van der Waals surface area contributed by atoms with Crippen LogP contribution < -0.4 is 15.8 Å². The molecule has 2 atom stereocenters. The molecule has 7 heteroatoms. The molecule has 30 heavy (non-hydrogen) atoms. The molecular formula is C23H22BrF3N2O. The fourth-order valence-electron chi connectivity index (χ4n) is 3.25. The number of ether oxygens (including phenoxy) is 1. The molecule has 0 aliphatic heterocycles. The number of nitrogens with one attached hydrogen (secondary N) is 1. The van der Waals surface area contributed by atoms with Gasteiger partial charge in [-0.25, -0.2) is 0 Å². The van der Waals surface area contributed by atoms with Crippen LogP contribution in [0.4, 0.5) is 18.9 Å². The van der Waals surface area contributed by atoms with E-state index in [-0.39, 0.29) is 0 Å². The van der Waals surface area contributed by atoms with E-state index in [9.17, 15) is 13.2 Å². The highest BCUT2D eigenvalue weighted by molar-refractivity contribution is 9.10. The van der Waals surface area contributed by atoms with Crippen molar-refractivity contribution in [2.45, 2.75) is 24.7 Å². The lowest BCUT2D eigenvalue weighted by atomic mass is 9.93. The standard InChI is InChI=1S/C23H22BrF3N2O/c1-30-19-11-9-18(10-12-19)29-22(16-6-4-7-17(13-16)23(25,26)27)21(28)14-15-5-2-3-8-20(15)24/h2-13,21-22,29H,14,28H2,1H3/t21-,22+/m0/s1. The maximum atomic E-state index is 13.3. The Morgan fingerprint density at radius 3 is 2.33 bits per heavy atom. The van der Waals surface area contributed by atoms with Crippen molar-refractivity contribution in [1.29, 1.82) is 0 Å². The Bertz CT molecular complexity index is 977. The Morgan fingerprint density at radius 2 is 1.70 bits per heavy atom. The summed E-state index contributed by atoms with van der Waals surface area (Å²) in [6, 6.07) is 19.1. The number of halogens is 4. The zero-order chi connectivity index (χ0) is 21.7. The van der Waals surface area contributed by atoms with E-state index >= 15 is 0 Å². The molecule has 0 aromatic heterocycles. The van der Waals surface area contributed by atoms with Gasteiger partial charge < -0.3 is 15.8 Å². The van der Waals surface area contributed by atoms with Gasteiger partial charge in [-0.15, -0.1) is 0 Å². The van der Waals surface area contributed by atoms with Gasteiger partial charge in [0.05, 0.1) is 18.7 Å². The summed E-state index contributed by atoms with van der Waals surface area (Å²) in [6.45, 7) is 0. The number of benzene rings is 3. The van der Waals surface area contributed by atoms with Crippen LogP contribution in [0.5, 0.6) is 5.75 Å². The lowest BCUT2D eigenvalue weighted by Crippen LogP contribution is -2.35. The molecule has 0 aliphatic carbocycles. The van der Waals surface area contributed by atoms with Crippen LogP contribution in [-0.2, 0) is 12.6 Å². The zero-order valence-corrected chi connectivity index (χ0v) is 17.9. The van der Waals surface area contributed by atoms with Gasteiger partial charge in [-0.1, -0.05) is 46.3 Å². The Hall–Kier alpha value is -2.51. The van der Waals surface area contributed by atoms with Crippen molar-refractivity contribution >= 4 is 21.6 Å². The molecule has 0 saturated heterocycles. The van der Waals surface area contributed by atoms with Crippen LogP contribution in [0.3, 0.4) is 0 Å². The first kappa shape index (κ1) is 22.2. The zero-order valence-electron chi connectivity index (χ0n) is 16.3. The number of anilines is 1. The third-order valence-electron chi connectivity index (χ3n) is 4.83. The second kappa shape index (κ2) is 9.53. The van der Waals surface area contributed by atoms with Crippen LogP contribution in [0.25, 0.3) is 0 Å². The maximum absolute atomic E-state index is 13.3. The molecule has 3 N–H and O–H groups in total.